The Hall–Kier alpha value is -2.30. The Morgan fingerprint density at radius 2 is 1.62 bits per heavy atom. The highest BCUT2D eigenvalue weighted by molar-refractivity contribution is 5.82. The van der Waals surface area contributed by atoms with Gasteiger partial charge in [0.1, 0.15) is 5.75 Å². The highest BCUT2D eigenvalue weighted by atomic mass is 16.3. The van der Waals surface area contributed by atoms with Gasteiger partial charge in [-0.15, -0.1) is 0 Å². The third kappa shape index (κ3) is 3.62. The van der Waals surface area contributed by atoms with Gasteiger partial charge in [0.25, 0.3) is 0 Å². The normalized spacial score (nSPS) is 16.4. The fourth-order valence-corrected chi connectivity index (χ4v) is 3.93. The number of fused-ring (bicyclic) bond motifs is 1. The molecule has 4 rings (SSSR count). The zero-order valence-corrected chi connectivity index (χ0v) is 15.7. The van der Waals surface area contributed by atoms with Crippen LogP contribution in [0.1, 0.15) is 16.8 Å². The van der Waals surface area contributed by atoms with Gasteiger partial charge in [-0.25, -0.2) is 0 Å². The molecular weight excluding hydrogens is 322 g/mol. The first-order valence-corrected chi connectivity index (χ1v) is 9.36. The number of aromatic nitrogens is 1. The van der Waals surface area contributed by atoms with E-state index in [0.29, 0.717) is 5.75 Å². The first-order chi connectivity index (χ1) is 12.6. The predicted molar refractivity (Wildman–Crippen MR) is 106 cm³/mol. The maximum atomic E-state index is 9.62. The molecule has 26 heavy (non-hydrogen) atoms. The summed E-state index contributed by atoms with van der Waals surface area (Å²) >= 11 is 0. The molecule has 0 spiro atoms. The van der Waals surface area contributed by atoms with Crippen LogP contribution in [0.15, 0.2) is 48.5 Å². The SMILES string of the molecule is Cc1ccc2c(c1)cc(CN1CCN(Cc3cccc(O)c3)CC1)n2C. The van der Waals surface area contributed by atoms with Crippen LogP contribution in [-0.4, -0.2) is 45.7 Å². The Bertz CT molecular complexity index is 907. The summed E-state index contributed by atoms with van der Waals surface area (Å²) in [7, 11) is 2.17. The number of benzene rings is 2. The summed E-state index contributed by atoms with van der Waals surface area (Å²) in [4.78, 5) is 5.01. The van der Waals surface area contributed by atoms with Crippen LogP contribution in [0.4, 0.5) is 0 Å². The van der Waals surface area contributed by atoms with Crippen molar-refractivity contribution in [1.29, 1.82) is 0 Å². The van der Waals surface area contributed by atoms with Crippen molar-refractivity contribution in [3.8, 4) is 5.75 Å². The molecule has 4 nitrogen and oxygen atoms in total. The van der Waals surface area contributed by atoms with Crippen molar-refractivity contribution in [2.24, 2.45) is 7.05 Å². The van der Waals surface area contributed by atoms with Crippen molar-refractivity contribution in [3.63, 3.8) is 0 Å². The van der Waals surface area contributed by atoms with Gasteiger partial charge in [0, 0.05) is 62.9 Å². The summed E-state index contributed by atoms with van der Waals surface area (Å²) in [5.74, 6) is 0.354. The van der Waals surface area contributed by atoms with E-state index in [4.69, 9.17) is 0 Å². The van der Waals surface area contributed by atoms with Gasteiger partial charge in [-0.2, -0.15) is 0 Å². The average molecular weight is 349 g/mol. The lowest BCUT2D eigenvalue weighted by Gasteiger charge is -2.34. The third-order valence-corrected chi connectivity index (χ3v) is 5.46. The molecule has 3 aromatic rings. The number of aryl methyl sites for hydroxylation is 2. The molecule has 1 aliphatic rings. The van der Waals surface area contributed by atoms with E-state index in [1.165, 1.54) is 27.7 Å². The first kappa shape index (κ1) is 17.1. The van der Waals surface area contributed by atoms with Crippen LogP contribution < -0.4 is 0 Å². The number of nitrogens with zero attached hydrogens (tertiary/aromatic N) is 3. The Labute approximate surface area is 155 Å². The molecule has 0 saturated carbocycles. The minimum absolute atomic E-state index is 0.354. The largest absolute Gasteiger partial charge is 0.508 e. The Morgan fingerprint density at radius 1 is 0.885 bits per heavy atom. The van der Waals surface area contributed by atoms with Crippen LogP contribution >= 0.6 is 0 Å². The summed E-state index contributed by atoms with van der Waals surface area (Å²) in [5, 5.41) is 11.0. The van der Waals surface area contributed by atoms with Gasteiger partial charge in [-0.3, -0.25) is 9.80 Å². The molecule has 2 aromatic carbocycles. The minimum Gasteiger partial charge on any atom is -0.508 e. The number of piperazine rings is 1. The van der Waals surface area contributed by atoms with Crippen molar-refractivity contribution >= 4 is 10.9 Å². The summed E-state index contributed by atoms with van der Waals surface area (Å²) in [6, 6.07) is 16.6. The second-order valence-electron chi connectivity index (χ2n) is 7.48. The van der Waals surface area contributed by atoms with Crippen LogP contribution in [0.2, 0.25) is 0 Å². The molecule has 0 unspecified atom stereocenters. The summed E-state index contributed by atoms with van der Waals surface area (Å²) in [5.41, 5.74) is 5.19. The molecule has 1 aromatic heterocycles. The standard InChI is InChI=1S/C22H27N3O/c1-17-6-7-22-19(12-17)14-20(23(22)2)16-25-10-8-24(9-11-25)15-18-4-3-5-21(26)13-18/h3-7,12-14,26H,8-11,15-16H2,1-2H3. The van der Waals surface area contributed by atoms with Gasteiger partial charge in [0.2, 0.25) is 0 Å². The minimum atomic E-state index is 0.354. The van der Waals surface area contributed by atoms with E-state index < -0.39 is 0 Å². The number of phenolic OH excluding ortho intramolecular Hbond substituents is 1. The monoisotopic (exact) mass is 349 g/mol. The molecule has 0 bridgehead atoms. The smallest absolute Gasteiger partial charge is 0.115 e. The molecule has 136 valence electrons. The quantitative estimate of drug-likeness (QED) is 0.782. The van der Waals surface area contributed by atoms with Crippen LogP contribution in [0.25, 0.3) is 10.9 Å². The molecule has 0 atom stereocenters. The fourth-order valence-electron chi connectivity index (χ4n) is 3.93. The van der Waals surface area contributed by atoms with Crippen LogP contribution in [0, 0.1) is 6.92 Å². The van der Waals surface area contributed by atoms with E-state index >= 15 is 0 Å². The zero-order valence-electron chi connectivity index (χ0n) is 15.7. The number of phenols is 1. The van der Waals surface area contributed by atoms with Gasteiger partial charge in [-0.1, -0.05) is 23.8 Å². The number of rotatable bonds is 4. The van der Waals surface area contributed by atoms with Crippen molar-refractivity contribution in [1.82, 2.24) is 14.4 Å². The lowest BCUT2D eigenvalue weighted by atomic mass is 10.2. The van der Waals surface area contributed by atoms with E-state index in [-0.39, 0.29) is 0 Å². The molecule has 0 amide bonds. The molecule has 0 radical (unpaired) electrons. The van der Waals surface area contributed by atoms with E-state index in [1.54, 1.807) is 6.07 Å². The molecule has 1 fully saturated rings. The summed E-state index contributed by atoms with van der Waals surface area (Å²) in [6.45, 7) is 8.37. The van der Waals surface area contributed by atoms with Gasteiger partial charge in [0.15, 0.2) is 0 Å². The number of aromatic hydroxyl groups is 1. The van der Waals surface area contributed by atoms with Crippen molar-refractivity contribution in [2.45, 2.75) is 20.0 Å². The van der Waals surface area contributed by atoms with Crippen LogP contribution in [0.3, 0.4) is 0 Å². The summed E-state index contributed by atoms with van der Waals surface area (Å²) in [6.07, 6.45) is 0. The first-order valence-electron chi connectivity index (χ1n) is 9.36. The van der Waals surface area contributed by atoms with Crippen molar-refractivity contribution in [2.75, 3.05) is 26.2 Å². The molecule has 4 heteroatoms. The third-order valence-electron chi connectivity index (χ3n) is 5.46. The topological polar surface area (TPSA) is 31.6 Å². The van der Waals surface area contributed by atoms with Crippen molar-refractivity contribution < 1.29 is 5.11 Å². The van der Waals surface area contributed by atoms with E-state index in [2.05, 4.69) is 58.7 Å². The van der Waals surface area contributed by atoms with Gasteiger partial charge in [0.05, 0.1) is 0 Å². The van der Waals surface area contributed by atoms with Crippen molar-refractivity contribution in [3.05, 3.63) is 65.4 Å². The summed E-state index contributed by atoms with van der Waals surface area (Å²) < 4.78 is 2.33. The van der Waals surface area contributed by atoms with Gasteiger partial charge >= 0.3 is 0 Å². The molecule has 0 aliphatic carbocycles. The van der Waals surface area contributed by atoms with E-state index in [9.17, 15) is 5.11 Å². The van der Waals surface area contributed by atoms with Crippen LogP contribution in [0.5, 0.6) is 5.75 Å². The molecule has 1 N–H and O–H groups in total. The van der Waals surface area contributed by atoms with E-state index in [1.807, 2.05) is 12.1 Å². The maximum absolute atomic E-state index is 9.62. The lowest BCUT2D eigenvalue weighted by Crippen LogP contribution is -2.45. The zero-order chi connectivity index (χ0) is 18.1. The highest BCUT2D eigenvalue weighted by Crippen LogP contribution is 2.22. The molecule has 2 heterocycles. The second kappa shape index (κ2) is 7.14. The molecule has 1 aliphatic heterocycles. The Morgan fingerprint density at radius 3 is 2.35 bits per heavy atom. The number of hydrogen-bond donors (Lipinski definition) is 1. The second-order valence-corrected chi connectivity index (χ2v) is 7.48. The molecule has 1 saturated heterocycles. The number of hydrogen-bond acceptors (Lipinski definition) is 3. The van der Waals surface area contributed by atoms with Crippen LogP contribution in [-0.2, 0) is 20.1 Å². The fraction of sp³-hybridized carbons (Fsp3) is 0.364. The van der Waals surface area contributed by atoms with Gasteiger partial charge in [-0.05, 0) is 42.8 Å². The average Bonchev–Trinajstić information content (AvgIpc) is 2.92. The molecular formula is C22H27N3O. The predicted octanol–water partition coefficient (Wildman–Crippen LogP) is 3.51. The van der Waals surface area contributed by atoms with E-state index in [0.717, 1.165) is 39.3 Å². The van der Waals surface area contributed by atoms with Gasteiger partial charge < -0.3 is 9.67 Å². The maximum Gasteiger partial charge on any atom is 0.115 e. The Kier molecular flexibility index (Phi) is 4.70. The Balaban J connectivity index is 1.37. The lowest BCUT2D eigenvalue weighted by molar-refractivity contribution is 0.120. The highest BCUT2D eigenvalue weighted by Gasteiger charge is 2.18.